The SMILES string of the molecule is C=CCc1cc(/C=N/NC(=O)c2cc3cc([N+](=O)[O-])ccc3o2)cc(OCC)c1OCc1cccc([N+](=O)[O-])c1. The van der Waals surface area contributed by atoms with Crippen LogP contribution in [0.25, 0.3) is 11.0 Å². The second-order valence-electron chi connectivity index (χ2n) is 8.44. The molecule has 1 heterocycles. The van der Waals surface area contributed by atoms with Gasteiger partial charge in [-0.1, -0.05) is 18.2 Å². The summed E-state index contributed by atoms with van der Waals surface area (Å²) in [4.78, 5) is 33.6. The Kier molecular flexibility index (Phi) is 8.49. The molecule has 4 aromatic rings. The standard InChI is InChI=1S/C28H24N4O8/c1-3-6-20-11-19(13-25(38-4-2)27(20)39-17-18-7-5-8-22(12-18)31(34)35)16-29-30-28(33)26-15-21-14-23(32(36)37)9-10-24(21)40-26/h3,5,7-16H,1,4,6,17H2,2H3,(H,30,33)/b29-16+. The highest BCUT2D eigenvalue weighted by Crippen LogP contribution is 2.34. The smallest absolute Gasteiger partial charge is 0.307 e. The van der Waals surface area contributed by atoms with E-state index in [2.05, 4.69) is 17.1 Å². The number of nitro benzene ring substituents is 2. The summed E-state index contributed by atoms with van der Waals surface area (Å²) < 4.78 is 17.3. The molecule has 3 aromatic carbocycles. The van der Waals surface area contributed by atoms with Crippen molar-refractivity contribution in [3.63, 3.8) is 0 Å². The Morgan fingerprint density at radius 2 is 1.82 bits per heavy atom. The average molecular weight is 545 g/mol. The van der Waals surface area contributed by atoms with E-state index in [-0.39, 0.29) is 23.7 Å². The van der Waals surface area contributed by atoms with E-state index in [0.717, 1.165) is 5.56 Å². The number of ether oxygens (including phenoxy) is 2. The van der Waals surface area contributed by atoms with Gasteiger partial charge in [0.05, 0.1) is 22.7 Å². The van der Waals surface area contributed by atoms with Crippen molar-refractivity contribution in [1.82, 2.24) is 5.43 Å². The number of allylic oxidation sites excluding steroid dienone is 1. The number of hydrogen-bond donors (Lipinski definition) is 1. The van der Waals surface area contributed by atoms with Gasteiger partial charge in [0, 0.05) is 35.2 Å². The molecule has 0 spiro atoms. The molecule has 0 atom stereocenters. The minimum absolute atomic E-state index is 0.0324. The molecule has 0 aliphatic carbocycles. The maximum Gasteiger partial charge on any atom is 0.307 e. The first kappa shape index (κ1) is 27.5. The van der Waals surface area contributed by atoms with Gasteiger partial charge in [-0.15, -0.1) is 6.58 Å². The minimum Gasteiger partial charge on any atom is -0.490 e. The van der Waals surface area contributed by atoms with Crippen LogP contribution in [-0.2, 0) is 13.0 Å². The summed E-state index contributed by atoms with van der Waals surface area (Å²) in [6, 6.07) is 15.1. The molecule has 4 rings (SSSR count). The summed E-state index contributed by atoms with van der Waals surface area (Å²) in [5, 5.41) is 26.5. The van der Waals surface area contributed by atoms with Crippen LogP contribution in [-0.4, -0.2) is 28.6 Å². The van der Waals surface area contributed by atoms with Gasteiger partial charge in [-0.05, 0) is 48.7 Å². The maximum atomic E-state index is 12.5. The Bertz CT molecular complexity index is 1630. The first-order valence-corrected chi connectivity index (χ1v) is 12.1. The summed E-state index contributed by atoms with van der Waals surface area (Å²) in [6.07, 6.45) is 3.55. The van der Waals surface area contributed by atoms with E-state index in [1.807, 2.05) is 6.92 Å². The van der Waals surface area contributed by atoms with Crippen molar-refractivity contribution in [2.75, 3.05) is 6.61 Å². The normalized spacial score (nSPS) is 10.9. The lowest BCUT2D eigenvalue weighted by atomic mass is 10.1. The third-order valence-electron chi connectivity index (χ3n) is 5.64. The molecule has 12 nitrogen and oxygen atoms in total. The number of nitrogens with one attached hydrogen (secondary N) is 1. The van der Waals surface area contributed by atoms with Gasteiger partial charge < -0.3 is 13.9 Å². The third kappa shape index (κ3) is 6.48. The largest absolute Gasteiger partial charge is 0.490 e. The summed E-state index contributed by atoms with van der Waals surface area (Å²) in [7, 11) is 0. The number of carbonyl (C=O) groups is 1. The first-order chi connectivity index (χ1) is 19.3. The van der Waals surface area contributed by atoms with Crippen molar-refractivity contribution < 1.29 is 28.5 Å². The molecule has 0 saturated carbocycles. The Balaban J connectivity index is 1.52. The minimum atomic E-state index is -0.636. The highest BCUT2D eigenvalue weighted by Gasteiger charge is 2.16. The molecular weight excluding hydrogens is 520 g/mol. The monoisotopic (exact) mass is 544 g/mol. The van der Waals surface area contributed by atoms with Crippen LogP contribution in [0.4, 0.5) is 11.4 Å². The molecule has 0 saturated heterocycles. The van der Waals surface area contributed by atoms with Crippen LogP contribution in [0, 0.1) is 20.2 Å². The van der Waals surface area contributed by atoms with Gasteiger partial charge in [0.25, 0.3) is 11.4 Å². The zero-order valence-electron chi connectivity index (χ0n) is 21.4. The molecular formula is C28H24N4O8. The number of fused-ring (bicyclic) bond motifs is 1. The Morgan fingerprint density at radius 3 is 2.55 bits per heavy atom. The maximum absolute atomic E-state index is 12.5. The van der Waals surface area contributed by atoms with Crippen molar-refractivity contribution >= 4 is 34.5 Å². The molecule has 204 valence electrons. The zero-order chi connectivity index (χ0) is 28.6. The summed E-state index contributed by atoms with van der Waals surface area (Å²) in [6.45, 7) is 6.04. The number of benzene rings is 3. The third-order valence-corrected chi connectivity index (χ3v) is 5.64. The van der Waals surface area contributed by atoms with E-state index in [4.69, 9.17) is 13.9 Å². The fourth-order valence-corrected chi connectivity index (χ4v) is 3.88. The summed E-state index contributed by atoms with van der Waals surface area (Å²) >= 11 is 0. The second kappa shape index (κ2) is 12.3. The number of rotatable bonds is 12. The fraction of sp³-hybridized carbons (Fsp3) is 0.143. The van der Waals surface area contributed by atoms with Gasteiger partial charge in [0.2, 0.25) is 0 Å². The quantitative estimate of drug-likeness (QED) is 0.103. The highest BCUT2D eigenvalue weighted by atomic mass is 16.6. The molecule has 0 unspecified atom stereocenters. The van der Waals surface area contributed by atoms with E-state index in [1.54, 1.807) is 30.3 Å². The van der Waals surface area contributed by atoms with Crippen molar-refractivity contribution in [3.8, 4) is 11.5 Å². The molecule has 1 N–H and O–H groups in total. The molecule has 1 amide bonds. The Morgan fingerprint density at radius 1 is 1.05 bits per heavy atom. The fourth-order valence-electron chi connectivity index (χ4n) is 3.88. The molecule has 0 radical (unpaired) electrons. The molecule has 0 aliphatic heterocycles. The molecule has 0 fully saturated rings. The topological polar surface area (TPSA) is 159 Å². The van der Waals surface area contributed by atoms with Crippen LogP contribution in [0.2, 0.25) is 0 Å². The van der Waals surface area contributed by atoms with Crippen molar-refractivity contribution in [2.45, 2.75) is 20.0 Å². The number of non-ortho nitro benzene ring substituents is 2. The van der Waals surface area contributed by atoms with Gasteiger partial charge in [0.1, 0.15) is 12.2 Å². The predicted octanol–water partition coefficient (Wildman–Crippen LogP) is 5.72. The van der Waals surface area contributed by atoms with E-state index >= 15 is 0 Å². The Hall–Kier alpha value is -5.52. The average Bonchev–Trinajstić information content (AvgIpc) is 3.37. The van der Waals surface area contributed by atoms with Gasteiger partial charge in [-0.2, -0.15) is 5.10 Å². The molecule has 12 heteroatoms. The Labute approximate surface area is 227 Å². The van der Waals surface area contributed by atoms with Gasteiger partial charge in [-0.3, -0.25) is 25.0 Å². The van der Waals surface area contributed by atoms with E-state index < -0.39 is 15.8 Å². The van der Waals surface area contributed by atoms with Crippen LogP contribution in [0.15, 0.2) is 82.8 Å². The molecule has 1 aromatic heterocycles. The first-order valence-electron chi connectivity index (χ1n) is 12.1. The number of nitro groups is 2. The van der Waals surface area contributed by atoms with E-state index in [1.165, 1.54) is 42.6 Å². The van der Waals surface area contributed by atoms with Gasteiger partial charge in [-0.25, -0.2) is 5.43 Å². The van der Waals surface area contributed by atoms with E-state index in [0.29, 0.717) is 46.6 Å². The summed E-state index contributed by atoms with van der Waals surface area (Å²) in [5.41, 5.74) is 4.52. The van der Waals surface area contributed by atoms with Crippen LogP contribution in [0.5, 0.6) is 11.5 Å². The summed E-state index contributed by atoms with van der Waals surface area (Å²) in [5.74, 6) is 0.202. The lowest BCUT2D eigenvalue weighted by Crippen LogP contribution is -2.16. The predicted molar refractivity (Wildman–Crippen MR) is 147 cm³/mol. The lowest BCUT2D eigenvalue weighted by molar-refractivity contribution is -0.385. The molecule has 0 bridgehead atoms. The number of hydrazone groups is 1. The number of nitrogens with zero attached hydrogens (tertiary/aromatic N) is 3. The number of carbonyl (C=O) groups excluding carboxylic acids is 1. The lowest BCUT2D eigenvalue weighted by Gasteiger charge is -2.16. The highest BCUT2D eigenvalue weighted by molar-refractivity contribution is 5.97. The molecule has 40 heavy (non-hydrogen) atoms. The number of hydrogen-bond acceptors (Lipinski definition) is 9. The van der Waals surface area contributed by atoms with E-state index in [9.17, 15) is 25.0 Å². The zero-order valence-corrected chi connectivity index (χ0v) is 21.4. The van der Waals surface area contributed by atoms with Crippen molar-refractivity contribution in [2.24, 2.45) is 5.10 Å². The van der Waals surface area contributed by atoms with Crippen LogP contribution < -0.4 is 14.9 Å². The van der Waals surface area contributed by atoms with Gasteiger partial charge >= 0.3 is 5.91 Å². The number of furan rings is 1. The van der Waals surface area contributed by atoms with Crippen LogP contribution in [0.1, 0.15) is 34.2 Å². The molecule has 0 aliphatic rings. The van der Waals surface area contributed by atoms with Crippen LogP contribution in [0.3, 0.4) is 0 Å². The van der Waals surface area contributed by atoms with Crippen LogP contribution >= 0.6 is 0 Å². The van der Waals surface area contributed by atoms with Gasteiger partial charge in [0.15, 0.2) is 17.3 Å². The van der Waals surface area contributed by atoms with Crippen molar-refractivity contribution in [3.05, 3.63) is 116 Å². The van der Waals surface area contributed by atoms with Crippen molar-refractivity contribution in [1.29, 1.82) is 0 Å². The second-order valence-corrected chi connectivity index (χ2v) is 8.44. The number of amides is 1.